The molecular formula is C14H15N3O7. The van der Waals surface area contributed by atoms with Crippen LogP contribution in [0.3, 0.4) is 0 Å². The standard InChI is InChI=1S/C14H15N3O7/c1-7-12(13(18)16-14(19)15-7)24-6-8-4-10(22-2)11(23-3)5-9(8)17(20)21/h4-5H,6H2,1-3H3,(H2,15,16,18,19). The summed E-state index contributed by atoms with van der Waals surface area (Å²) >= 11 is 0. The lowest BCUT2D eigenvalue weighted by atomic mass is 10.1. The highest BCUT2D eigenvalue weighted by Gasteiger charge is 2.20. The van der Waals surface area contributed by atoms with Crippen molar-refractivity contribution in [3.05, 3.63) is 54.3 Å². The number of nitro benzene ring substituents is 1. The Morgan fingerprint density at radius 3 is 2.29 bits per heavy atom. The van der Waals surface area contributed by atoms with E-state index in [-0.39, 0.29) is 40.8 Å². The second kappa shape index (κ2) is 6.86. The van der Waals surface area contributed by atoms with E-state index in [1.807, 2.05) is 4.98 Å². The summed E-state index contributed by atoms with van der Waals surface area (Å²) in [6.07, 6.45) is 0. The lowest BCUT2D eigenvalue weighted by Gasteiger charge is -2.12. The highest BCUT2D eigenvalue weighted by atomic mass is 16.6. The van der Waals surface area contributed by atoms with E-state index < -0.39 is 16.2 Å². The fourth-order valence-corrected chi connectivity index (χ4v) is 2.11. The van der Waals surface area contributed by atoms with Crippen molar-refractivity contribution in [1.29, 1.82) is 0 Å². The molecule has 0 atom stereocenters. The fourth-order valence-electron chi connectivity index (χ4n) is 2.11. The van der Waals surface area contributed by atoms with Gasteiger partial charge in [-0.15, -0.1) is 0 Å². The van der Waals surface area contributed by atoms with Crippen molar-refractivity contribution in [3.8, 4) is 17.2 Å². The number of nitrogens with zero attached hydrogens (tertiary/aromatic N) is 1. The molecule has 0 unspecified atom stereocenters. The molecule has 0 amide bonds. The van der Waals surface area contributed by atoms with Crippen LogP contribution in [0, 0.1) is 17.0 Å². The first-order chi connectivity index (χ1) is 11.4. The molecule has 0 fully saturated rings. The number of methoxy groups -OCH3 is 2. The first kappa shape index (κ1) is 17.1. The van der Waals surface area contributed by atoms with E-state index >= 15 is 0 Å². The van der Waals surface area contributed by atoms with Crippen molar-refractivity contribution in [3.63, 3.8) is 0 Å². The summed E-state index contributed by atoms with van der Waals surface area (Å²) in [5, 5.41) is 11.2. The number of aryl methyl sites for hydroxylation is 1. The van der Waals surface area contributed by atoms with E-state index in [0.717, 1.165) is 0 Å². The maximum atomic E-state index is 11.7. The second-order valence-electron chi connectivity index (χ2n) is 4.74. The van der Waals surface area contributed by atoms with Crippen LogP contribution in [0.4, 0.5) is 5.69 Å². The van der Waals surface area contributed by atoms with Crippen molar-refractivity contribution < 1.29 is 19.1 Å². The topological polar surface area (TPSA) is 137 Å². The molecule has 0 radical (unpaired) electrons. The molecule has 1 aromatic carbocycles. The normalized spacial score (nSPS) is 10.3. The molecule has 128 valence electrons. The van der Waals surface area contributed by atoms with Gasteiger partial charge in [0, 0.05) is 0 Å². The van der Waals surface area contributed by atoms with Gasteiger partial charge in [-0.25, -0.2) is 4.79 Å². The predicted octanol–water partition coefficient (Wildman–Crippen LogP) is 0.876. The van der Waals surface area contributed by atoms with Crippen LogP contribution >= 0.6 is 0 Å². The summed E-state index contributed by atoms with van der Waals surface area (Å²) in [5.41, 5.74) is -1.23. The SMILES string of the molecule is COc1cc(COc2c(C)[nH]c(=O)[nH]c2=O)c([N+](=O)[O-])cc1OC. The van der Waals surface area contributed by atoms with Crippen LogP contribution in [0.25, 0.3) is 0 Å². The Morgan fingerprint density at radius 1 is 1.12 bits per heavy atom. The first-order valence-electron chi connectivity index (χ1n) is 6.72. The Labute approximate surface area is 135 Å². The van der Waals surface area contributed by atoms with Gasteiger partial charge in [-0.05, 0) is 13.0 Å². The highest BCUT2D eigenvalue weighted by Crippen LogP contribution is 2.34. The monoisotopic (exact) mass is 337 g/mol. The summed E-state index contributed by atoms with van der Waals surface area (Å²) in [6.45, 7) is 1.21. The molecule has 0 aliphatic rings. The van der Waals surface area contributed by atoms with Crippen LogP contribution in [0.5, 0.6) is 17.2 Å². The average molecular weight is 337 g/mol. The number of hydrogen-bond acceptors (Lipinski definition) is 7. The maximum Gasteiger partial charge on any atom is 0.326 e. The zero-order valence-corrected chi connectivity index (χ0v) is 13.2. The summed E-state index contributed by atoms with van der Waals surface area (Å²) in [4.78, 5) is 37.9. The number of hydrogen-bond donors (Lipinski definition) is 2. The molecule has 0 bridgehead atoms. The van der Waals surface area contributed by atoms with Gasteiger partial charge in [0.1, 0.15) is 6.61 Å². The lowest BCUT2D eigenvalue weighted by Crippen LogP contribution is -2.25. The van der Waals surface area contributed by atoms with Crippen LogP contribution in [-0.4, -0.2) is 29.1 Å². The van der Waals surface area contributed by atoms with Crippen LogP contribution in [-0.2, 0) is 6.61 Å². The number of aromatic nitrogens is 2. The third-order valence-electron chi connectivity index (χ3n) is 3.23. The minimum atomic E-state index is -0.723. The molecule has 0 spiro atoms. The Balaban J connectivity index is 2.41. The summed E-state index contributed by atoms with van der Waals surface area (Å²) in [7, 11) is 2.76. The highest BCUT2D eigenvalue weighted by molar-refractivity contribution is 5.54. The van der Waals surface area contributed by atoms with Crippen LogP contribution in [0.15, 0.2) is 21.7 Å². The van der Waals surface area contributed by atoms with Gasteiger partial charge in [0.25, 0.3) is 11.2 Å². The van der Waals surface area contributed by atoms with Gasteiger partial charge in [0.2, 0.25) is 5.75 Å². The van der Waals surface area contributed by atoms with Gasteiger partial charge < -0.3 is 19.2 Å². The Morgan fingerprint density at radius 2 is 1.75 bits per heavy atom. The third kappa shape index (κ3) is 3.37. The summed E-state index contributed by atoms with van der Waals surface area (Å²) in [6, 6.07) is 2.60. The second-order valence-corrected chi connectivity index (χ2v) is 4.74. The predicted molar refractivity (Wildman–Crippen MR) is 83.0 cm³/mol. The number of H-pyrrole nitrogens is 2. The van der Waals surface area contributed by atoms with E-state index in [9.17, 15) is 19.7 Å². The minimum absolute atomic E-state index is 0.126. The largest absolute Gasteiger partial charge is 0.493 e. The smallest absolute Gasteiger partial charge is 0.326 e. The Kier molecular flexibility index (Phi) is 4.87. The fraction of sp³-hybridized carbons (Fsp3) is 0.286. The first-order valence-corrected chi connectivity index (χ1v) is 6.72. The maximum absolute atomic E-state index is 11.7. The average Bonchev–Trinajstić information content (AvgIpc) is 2.52. The van der Waals surface area contributed by atoms with Gasteiger partial charge in [-0.1, -0.05) is 0 Å². The molecule has 2 rings (SSSR count). The van der Waals surface area contributed by atoms with Crippen molar-refractivity contribution in [2.75, 3.05) is 14.2 Å². The molecule has 0 saturated heterocycles. The Hall–Kier alpha value is -3.30. The van der Waals surface area contributed by atoms with E-state index in [4.69, 9.17) is 14.2 Å². The van der Waals surface area contributed by atoms with E-state index in [1.165, 1.54) is 33.3 Å². The number of rotatable bonds is 6. The molecule has 10 nitrogen and oxygen atoms in total. The number of nitrogens with one attached hydrogen (secondary N) is 2. The van der Waals surface area contributed by atoms with Crippen molar-refractivity contribution in [2.45, 2.75) is 13.5 Å². The van der Waals surface area contributed by atoms with Crippen molar-refractivity contribution >= 4 is 5.69 Å². The molecule has 1 aromatic heterocycles. The molecule has 0 aliphatic carbocycles. The number of ether oxygens (including phenoxy) is 3. The Bertz CT molecular complexity index is 885. The van der Waals surface area contributed by atoms with Crippen LogP contribution in [0.2, 0.25) is 0 Å². The molecule has 0 aliphatic heterocycles. The van der Waals surface area contributed by atoms with E-state index in [1.54, 1.807) is 0 Å². The van der Waals surface area contributed by atoms with E-state index in [2.05, 4.69) is 4.98 Å². The lowest BCUT2D eigenvalue weighted by molar-refractivity contribution is -0.385. The van der Waals surface area contributed by atoms with Gasteiger partial charge in [-0.3, -0.25) is 19.9 Å². The van der Waals surface area contributed by atoms with Crippen molar-refractivity contribution in [2.24, 2.45) is 0 Å². The zero-order chi connectivity index (χ0) is 17.9. The van der Waals surface area contributed by atoms with Gasteiger partial charge in [-0.2, -0.15) is 0 Å². The van der Waals surface area contributed by atoms with Crippen molar-refractivity contribution in [1.82, 2.24) is 9.97 Å². The summed E-state index contributed by atoms with van der Waals surface area (Å²) < 4.78 is 15.5. The minimum Gasteiger partial charge on any atom is -0.493 e. The molecule has 10 heteroatoms. The number of aromatic amines is 2. The zero-order valence-electron chi connectivity index (χ0n) is 13.2. The van der Waals surface area contributed by atoms with Crippen LogP contribution < -0.4 is 25.5 Å². The quantitative estimate of drug-likeness (QED) is 0.589. The summed E-state index contributed by atoms with van der Waals surface area (Å²) in [5.74, 6) is 0.360. The van der Waals surface area contributed by atoms with Gasteiger partial charge >= 0.3 is 5.69 Å². The molecule has 0 saturated carbocycles. The van der Waals surface area contributed by atoms with Gasteiger partial charge in [0.05, 0.1) is 36.5 Å². The van der Waals surface area contributed by atoms with E-state index in [0.29, 0.717) is 0 Å². The molecule has 24 heavy (non-hydrogen) atoms. The van der Waals surface area contributed by atoms with Gasteiger partial charge in [0.15, 0.2) is 11.5 Å². The molecule has 2 aromatic rings. The molecular weight excluding hydrogens is 322 g/mol. The number of nitro groups is 1. The number of benzene rings is 1. The molecule has 1 heterocycles. The third-order valence-corrected chi connectivity index (χ3v) is 3.23. The van der Waals surface area contributed by atoms with Crippen LogP contribution in [0.1, 0.15) is 11.3 Å². The molecule has 2 N–H and O–H groups in total.